The van der Waals surface area contributed by atoms with Gasteiger partial charge < -0.3 is 9.72 Å². The second kappa shape index (κ2) is 4.64. The fraction of sp³-hybridized carbons (Fsp3) is 0.286. The van der Waals surface area contributed by atoms with Gasteiger partial charge in [-0.05, 0) is 25.0 Å². The summed E-state index contributed by atoms with van der Waals surface area (Å²) in [5, 5.41) is 0.908. The molecule has 4 nitrogen and oxygen atoms in total. The number of para-hydroxylation sites is 1. The minimum Gasteiger partial charge on any atom is -0.424 e. The molecule has 0 saturated carbocycles. The Morgan fingerprint density at radius 2 is 2.11 bits per heavy atom. The third kappa shape index (κ3) is 2.01. The van der Waals surface area contributed by atoms with Crippen LogP contribution < -0.4 is 10.3 Å². The van der Waals surface area contributed by atoms with Gasteiger partial charge in [0, 0.05) is 17.9 Å². The fourth-order valence-corrected chi connectivity index (χ4v) is 2.16. The molecule has 0 aliphatic rings. The minimum atomic E-state index is -0.402. The number of rotatable bonds is 2. The van der Waals surface area contributed by atoms with Crippen molar-refractivity contribution < 1.29 is 9.53 Å². The highest BCUT2D eigenvalue weighted by Gasteiger charge is 2.11. The van der Waals surface area contributed by atoms with E-state index < -0.39 is 5.97 Å². The Balaban J connectivity index is 2.79. The van der Waals surface area contributed by atoms with E-state index in [0.29, 0.717) is 17.7 Å². The van der Waals surface area contributed by atoms with Crippen LogP contribution in [0.4, 0.5) is 0 Å². The van der Waals surface area contributed by atoms with Crippen molar-refractivity contribution in [1.29, 1.82) is 0 Å². The van der Waals surface area contributed by atoms with Crippen molar-refractivity contribution >= 4 is 16.9 Å². The molecule has 0 saturated heterocycles. The SMILES string of the molecule is CCc1c(C)c2cccc(OC(C)=O)c2[nH]c1=O. The number of ether oxygens (including phenoxy) is 1. The highest BCUT2D eigenvalue weighted by molar-refractivity contribution is 5.89. The molecule has 0 fully saturated rings. The second-order valence-corrected chi connectivity index (χ2v) is 4.18. The molecule has 1 N–H and O–H groups in total. The third-order valence-corrected chi connectivity index (χ3v) is 3.00. The number of hydrogen-bond acceptors (Lipinski definition) is 3. The number of esters is 1. The van der Waals surface area contributed by atoms with Crippen LogP contribution in [-0.4, -0.2) is 11.0 Å². The Morgan fingerprint density at radius 3 is 2.72 bits per heavy atom. The number of fused-ring (bicyclic) bond motifs is 1. The zero-order valence-corrected chi connectivity index (χ0v) is 10.7. The molecule has 4 heteroatoms. The number of carbonyl (C=O) groups is 1. The molecule has 18 heavy (non-hydrogen) atoms. The summed E-state index contributed by atoms with van der Waals surface area (Å²) in [7, 11) is 0. The van der Waals surface area contributed by atoms with Crippen LogP contribution in [0.2, 0.25) is 0 Å². The van der Waals surface area contributed by atoms with Gasteiger partial charge in [0.25, 0.3) is 5.56 Å². The molecule has 0 aliphatic carbocycles. The van der Waals surface area contributed by atoms with Gasteiger partial charge in [0.1, 0.15) is 0 Å². The number of nitrogens with one attached hydrogen (secondary N) is 1. The van der Waals surface area contributed by atoms with E-state index in [0.717, 1.165) is 16.5 Å². The lowest BCUT2D eigenvalue weighted by Gasteiger charge is -2.10. The number of carbonyl (C=O) groups excluding carboxylic acids is 1. The Hall–Kier alpha value is -2.10. The molecule has 2 rings (SSSR count). The van der Waals surface area contributed by atoms with Crippen LogP contribution >= 0.6 is 0 Å². The van der Waals surface area contributed by atoms with Crippen molar-refractivity contribution in [3.8, 4) is 5.75 Å². The first-order valence-corrected chi connectivity index (χ1v) is 5.87. The van der Waals surface area contributed by atoms with E-state index in [4.69, 9.17) is 4.74 Å². The van der Waals surface area contributed by atoms with Gasteiger partial charge in [-0.25, -0.2) is 0 Å². The highest BCUT2D eigenvalue weighted by Crippen LogP contribution is 2.26. The van der Waals surface area contributed by atoms with Crippen LogP contribution in [0.1, 0.15) is 25.0 Å². The van der Waals surface area contributed by atoms with Crippen molar-refractivity contribution in [3.05, 3.63) is 39.7 Å². The monoisotopic (exact) mass is 245 g/mol. The first-order valence-electron chi connectivity index (χ1n) is 5.87. The third-order valence-electron chi connectivity index (χ3n) is 3.00. The van der Waals surface area contributed by atoms with Crippen molar-refractivity contribution in [2.24, 2.45) is 0 Å². The van der Waals surface area contributed by atoms with Gasteiger partial charge in [-0.3, -0.25) is 9.59 Å². The van der Waals surface area contributed by atoms with Crippen LogP contribution in [0.5, 0.6) is 5.75 Å². The molecule has 1 aromatic carbocycles. The minimum absolute atomic E-state index is 0.123. The normalized spacial score (nSPS) is 10.6. The first-order chi connectivity index (χ1) is 8.54. The number of aromatic nitrogens is 1. The number of aryl methyl sites for hydroxylation is 1. The quantitative estimate of drug-likeness (QED) is 0.652. The number of aromatic amines is 1. The Kier molecular flexibility index (Phi) is 3.19. The van der Waals surface area contributed by atoms with Gasteiger partial charge in [-0.2, -0.15) is 0 Å². The summed E-state index contributed by atoms with van der Waals surface area (Å²) < 4.78 is 5.10. The predicted octanol–water partition coefficient (Wildman–Crippen LogP) is 2.32. The summed E-state index contributed by atoms with van der Waals surface area (Å²) in [4.78, 5) is 25.8. The van der Waals surface area contributed by atoms with Crippen LogP contribution in [0, 0.1) is 6.92 Å². The maximum atomic E-state index is 11.9. The number of pyridine rings is 1. The molecule has 1 heterocycles. The smallest absolute Gasteiger partial charge is 0.308 e. The summed E-state index contributed by atoms with van der Waals surface area (Å²) in [5.74, 6) is -0.0107. The van der Waals surface area contributed by atoms with E-state index in [1.165, 1.54) is 6.92 Å². The summed E-state index contributed by atoms with van der Waals surface area (Å²) in [5.41, 5.74) is 2.15. The number of H-pyrrole nitrogens is 1. The van der Waals surface area contributed by atoms with Gasteiger partial charge in [-0.15, -0.1) is 0 Å². The highest BCUT2D eigenvalue weighted by atomic mass is 16.5. The van der Waals surface area contributed by atoms with E-state index in [1.807, 2.05) is 26.0 Å². The van der Waals surface area contributed by atoms with Crippen LogP contribution in [0.15, 0.2) is 23.0 Å². The largest absolute Gasteiger partial charge is 0.424 e. The van der Waals surface area contributed by atoms with E-state index in [2.05, 4.69) is 4.98 Å². The molecule has 0 amide bonds. The zero-order valence-electron chi connectivity index (χ0n) is 10.7. The van der Waals surface area contributed by atoms with Gasteiger partial charge in [0.05, 0.1) is 5.52 Å². The molecule has 1 aromatic heterocycles. The van der Waals surface area contributed by atoms with E-state index in [1.54, 1.807) is 6.07 Å². The lowest BCUT2D eigenvalue weighted by Crippen LogP contribution is -2.15. The van der Waals surface area contributed by atoms with Gasteiger partial charge in [0.15, 0.2) is 5.75 Å². The molecular weight excluding hydrogens is 230 g/mol. The van der Waals surface area contributed by atoms with E-state index in [9.17, 15) is 9.59 Å². The zero-order chi connectivity index (χ0) is 13.3. The standard InChI is InChI=1S/C14H15NO3/c1-4-10-8(2)11-6-5-7-12(18-9(3)16)13(11)15-14(10)17/h5-7H,4H2,1-3H3,(H,15,17). The number of hydrogen-bond donors (Lipinski definition) is 1. The molecule has 2 aromatic rings. The summed E-state index contributed by atoms with van der Waals surface area (Å²) in [6.07, 6.45) is 0.675. The molecule has 0 unspecified atom stereocenters. The molecular formula is C14H15NO3. The lowest BCUT2D eigenvalue weighted by molar-refractivity contribution is -0.131. The van der Waals surface area contributed by atoms with Crippen LogP contribution in [0.3, 0.4) is 0 Å². The Labute approximate surface area is 105 Å². The average Bonchev–Trinajstić information content (AvgIpc) is 2.30. The maximum absolute atomic E-state index is 11.9. The van der Waals surface area contributed by atoms with Crippen molar-refractivity contribution in [2.75, 3.05) is 0 Å². The van der Waals surface area contributed by atoms with Gasteiger partial charge in [0.2, 0.25) is 0 Å². The topological polar surface area (TPSA) is 59.2 Å². The van der Waals surface area contributed by atoms with Crippen molar-refractivity contribution in [2.45, 2.75) is 27.2 Å². The Bertz CT molecular complexity index is 671. The average molecular weight is 245 g/mol. The molecule has 0 bridgehead atoms. The molecule has 94 valence electrons. The van der Waals surface area contributed by atoms with Gasteiger partial charge in [-0.1, -0.05) is 19.1 Å². The predicted molar refractivity (Wildman–Crippen MR) is 70.0 cm³/mol. The fourth-order valence-electron chi connectivity index (χ4n) is 2.16. The first kappa shape index (κ1) is 12.4. The molecule has 0 atom stereocenters. The summed E-state index contributed by atoms with van der Waals surface area (Å²) in [6, 6.07) is 5.39. The molecule has 0 spiro atoms. The molecule has 0 aliphatic heterocycles. The maximum Gasteiger partial charge on any atom is 0.308 e. The molecule has 0 radical (unpaired) electrons. The summed E-state index contributed by atoms with van der Waals surface area (Å²) >= 11 is 0. The second-order valence-electron chi connectivity index (χ2n) is 4.18. The lowest BCUT2D eigenvalue weighted by atomic mass is 10.0. The van der Waals surface area contributed by atoms with Crippen molar-refractivity contribution in [1.82, 2.24) is 4.98 Å². The van der Waals surface area contributed by atoms with Crippen LogP contribution in [0.25, 0.3) is 10.9 Å². The number of benzene rings is 1. The van der Waals surface area contributed by atoms with E-state index in [-0.39, 0.29) is 5.56 Å². The van der Waals surface area contributed by atoms with Crippen molar-refractivity contribution in [3.63, 3.8) is 0 Å². The van der Waals surface area contributed by atoms with Crippen LogP contribution in [-0.2, 0) is 11.2 Å². The summed E-state index contributed by atoms with van der Waals surface area (Å²) in [6.45, 7) is 5.19. The van der Waals surface area contributed by atoms with E-state index >= 15 is 0 Å². The Morgan fingerprint density at radius 1 is 1.39 bits per heavy atom. The van der Waals surface area contributed by atoms with Gasteiger partial charge >= 0.3 is 5.97 Å².